The van der Waals surface area contributed by atoms with Gasteiger partial charge in [-0.2, -0.15) is 0 Å². The summed E-state index contributed by atoms with van der Waals surface area (Å²) in [5, 5.41) is 5.80. The Kier molecular flexibility index (Phi) is 6.84. The van der Waals surface area contributed by atoms with Gasteiger partial charge < -0.3 is 20.0 Å². The molecule has 0 atom stereocenters. The fourth-order valence-corrected chi connectivity index (χ4v) is 4.58. The first-order valence-electron chi connectivity index (χ1n) is 10.7. The van der Waals surface area contributed by atoms with Crippen LogP contribution in [0.3, 0.4) is 0 Å². The van der Waals surface area contributed by atoms with Crippen LogP contribution in [0.2, 0.25) is 0 Å². The zero-order valence-corrected chi connectivity index (χ0v) is 19.3. The second-order valence-electron chi connectivity index (χ2n) is 8.02. The van der Waals surface area contributed by atoms with E-state index in [4.69, 9.17) is 4.42 Å². The van der Waals surface area contributed by atoms with Gasteiger partial charge in [0.05, 0.1) is 23.1 Å². The van der Waals surface area contributed by atoms with E-state index in [1.807, 2.05) is 38.1 Å². The Bertz CT molecular complexity index is 1170. The van der Waals surface area contributed by atoms with Crippen LogP contribution in [-0.4, -0.2) is 36.1 Å². The molecule has 0 aliphatic carbocycles. The number of anilines is 2. The molecule has 2 N–H and O–H groups in total. The maximum atomic E-state index is 13.0. The highest BCUT2D eigenvalue weighted by molar-refractivity contribution is 8.00. The van der Waals surface area contributed by atoms with E-state index in [2.05, 4.69) is 10.6 Å². The van der Waals surface area contributed by atoms with Gasteiger partial charge >= 0.3 is 0 Å². The predicted octanol–water partition coefficient (Wildman–Crippen LogP) is 4.35. The van der Waals surface area contributed by atoms with E-state index in [1.54, 1.807) is 29.2 Å². The lowest BCUT2D eigenvalue weighted by atomic mass is 10.1. The summed E-state index contributed by atoms with van der Waals surface area (Å²) in [6.45, 7) is 4.40. The van der Waals surface area contributed by atoms with Crippen LogP contribution < -0.4 is 15.5 Å². The number of amides is 3. The number of hydrogen-bond donors (Lipinski definition) is 2. The number of rotatable bonds is 7. The highest BCUT2D eigenvalue weighted by Gasteiger charge is 2.26. The van der Waals surface area contributed by atoms with Crippen molar-refractivity contribution in [2.45, 2.75) is 31.2 Å². The second-order valence-corrected chi connectivity index (χ2v) is 9.04. The number of nitrogens with zero attached hydrogens (tertiary/aromatic N) is 1. The fraction of sp³-hybridized carbons (Fsp3) is 0.240. The molecule has 2 heterocycles. The van der Waals surface area contributed by atoms with Crippen molar-refractivity contribution in [2.75, 3.05) is 22.5 Å². The Hall–Kier alpha value is -3.52. The standard InChI is InChI=1S/C25H25N3O4S/c1-16(2)26-23(29)15-33-22-6-4-3-5-20(22)24(30)27-19-7-8-21-17(13-19)9-11-28(21)25(31)18-10-12-32-14-18/h3-8,10,12-14,16H,9,11,15H2,1-2H3,(H,26,29)(H,27,30). The molecule has 33 heavy (non-hydrogen) atoms. The van der Waals surface area contributed by atoms with Crippen molar-refractivity contribution < 1.29 is 18.8 Å². The third kappa shape index (κ3) is 5.28. The van der Waals surface area contributed by atoms with Crippen LogP contribution in [0.5, 0.6) is 0 Å². The van der Waals surface area contributed by atoms with Crippen molar-refractivity contribution in [2.24, 2.45) is 0 Å². The van der Waals surface area contributed by atoms with Crippen LogP contribution in [0.15, 0.2) is 70.4 Å². The van der Waals surface area contributed by atoms with Crippen LogP contribution in [-0.2, 0) is 11.2 Å². The molecule has 1 aromatic heterocycles. The molecule has 170 valence electrons. The van der Waals surface area contributed by atoms with Crippen molar-refractivity contribution in [1.29, 1.82) is 0 Å². The zero-order valence-electron chi connectivity index (χ0n) is 18.5. The molecule has 8 heteroatoms. The molecule has 0 saturated heterocycles. The lowest BCUT2D eigenvalue weighted by Crippen LogP contribution is -2.31. The fourth-order valence-electron chi connectivity index (χ4n) is 3.72. The van der Waals surface area contributed by atoms with Crippen molar-refractivity contribution in [3.8, 4) is 0 Å². The summed E-state index contributed by atoms with van der Waals surface area (Å²) in [6, 6.07) is 14.5. The van der Waals surface area contributed by atoms with Gasteiger partial charge in [-0.15, -0.1) is 11.8 Å². The number of fused-ring (bicyclic) bond motifs is 1. The van der Waals surface area contributed by atoms with Crippen LogP contribution in [0.4, 0.5) is 11.4 Å². The lowest BCUT2D eigenvalue weighted by molar-refractivity contribution is -0.119. The number of furan rings is 1. The highest BCUT2D eigenvalue weighted by Crippen LogP contribution is 2.32. The summed E-state index contributed by atoms with van der Waals surface area (Å²) in [5.41, 5.74) is 3.52. The van der Waals surface area contributed by atoms with E-state index >= 15 is 0 Å². The summed E-state index contributed by atoms with van der Waals surface area (Å²) >= 11 is 1.33. The number of carbonyl (C=O) groups excluding carboxylic acids is 3. The maximum absolute atomic E-state index is 13.0. The summed E-state index contributed by atoms with van der Waals surface area (Å²) < 4.78 is 5.03. The lowest BCUT2D eigenvalue weighted by Gasteiger charge is -2.17. The molecule has 0 radical (unpaired) electrons. The first-order chi connectivity index (χ1) is 15.9. The van der Waals surface area contributed by atoms with Gasteiger partial charge in [0.2, 0.25) is 5.91 Å². The van der Waals surface area contributed by atoms with E-state index in [1.165, 1.54) is 24.3 Å². The molecule has 0 spiro atoms. The van der Waals surface area contributed by atoms with Gasteiger partial charge in [0.1, 0.15) is 6.26 Å². The van der Waals surface area contributed by atoms with Crippen LogP contribution in [0, 0.1) is 0 Å². The quantitative estimate of drug-likeness (QED) is 0.508. The van der Waals surface area contributed by atoms with E-state index in [-0.39, 0.29) is 29.5 Å². The predicted molar refractivity (Wildman–Crippen MR) is 129 cm³/mol. The molecule has 1 aliphatic rings. The average Bonchev–Trinajstić information content (AvgIpc) is 3.47. The van der Waals surface area contributed by atoms with Crippen molar-refractivity contribution in [3.05, 3.63) is 77.7 Å². The molecular weight excluding hydrogens is 438 g/mol. The van der Waals surface area contributed by atoms with Gasteiger partial charge in [0, 0.05) is 28.9 Å². The van der Waals surface area contributed by atoms with Gasteiger partial charge in [0.25, 0.3) is 11.8 Å². The number of thioether (sulfide) groups is 1. The number of hydrogen-bond acceptors (Lipinski definition) is 5. The topological polar surface area (TPSA) is 91.7 Å². The molecule has 4 rings (SSSR count). The minimum atomic E-state index is -0.244. The van der Waals surface area contributed by atoms with Gasteiger partial charge in [-0.3, -0.25) is 14.4 Å². The average molecular weight is 464 g/mol. The molecule has 0 saturated carbocycles. The van der Waals surface area contributed by atoms with Crippen LogP contribution in [0.1, 0.15) is 40.1 Å². The SMILES string of the molecule is CC(C)NC(=O)CSc1ccccc1C(=O)Nc1ccc2c(c1)CCN2C(=O)c1ccoc1. The molecule has 3 amide bonds. The minimum Gasteiger partial charge on any atom is -0.472 e. The monoisotopic (exact) mass is 463 g/mol. The van der Waals surface area contributed by atoms with E-state index in [0.29, 0.717) is 29.8 Å². The number of nitrogens with one attached hydrogen (secondary N) is 2. The Labute approximate surface area is 196 Å². The molecule has 0 unspecified atom stereocenters. The Morgan fingerprint density at radius 3 is 2.70 bits per heavy atom. The normalized spacial score (nSPS) is 12.5. The van der Waals surface area contributed by atoms with Crippen LogP contribution >= 0.6 is 11.8 Å². The summed E-state index contributed by atoms with van der Waals surface area (Å²) in [6.07, 6.45) is 3.63. The Morgan fingerprint density at radius 1 is 1.12 bits per heavy atom. The van der Waals surface area contributed by atoms with Gasteiger partial charge in [-0.1, -0.05) is 12.1 Å². The third-order valence-corrected chi connectivity index (χ3v) is 6.26. The van der Waals surface area contributed by atoms with Gasteiger partial charge in [0.15, 0.2) is 0 Å². The molecule has 1 aliphatic heterocycles. The zero-order chi connectivity index (χ0) is 23.4. The van der Waals surface area contributed by atoms with Gasteiger partial charge in [-0.05, 0) is 62.2 Å². The first-order valence-corrected chi connectivity index (χ1v) is 11.7. The third-order valence-electron chi connectivity index (χ3n) is 5.19. The summed E-state index contributed by atoms with van der Waals surface area (Å²) in [4.78, 5) is 40.1. The van der Waals surface area contributed by atoms with Crippen LogP contribution in [0.25, 0.3) is 0 Å². The minimum absolute atomic E-state index is 0.0710. The molecule has 0 fully saturated rings. The molecule has 0 bridgehead atoms. The molecule has 7 nitrogen and oxygen atoms in total. The number of carbonyl (C=O) groups is 3. The molecule has 3 aromatic rings. The summed E-state index contributed by atoms with van der Waals surface area (Å²) in [5.74, 6) is -0.182. The van der Waals surface area contributed by atoms with E-state index < -0.39 is 0 Å². The Balaban J connectivity index is 1.45. The molecular formula is C25H25N3O4S. The first kappa shape index (κ1) is 22.7. The Morgan fingerprint density at radius 2 is 1.94 bits per heavy atom. The van der Waals surface area contributed by atoms with Crippen molar-refractivity contribution >= 4 is 40.9 Å². The number of benzene rings is 2. The largest absolute Gasteiger partial charge is 0.472 e. The highest BCUT2D eigenvalue weighted by atomic mass is 32.2. The van der Waals surface area contributed by atoms with Crippen molar-refractivity contribution in [1.82, 2.24) is 5.32 Å². The molecule has 2 aromatic carbocycles. The maximum Gasteiger partial charge on any atom is 0.261 e. The second kappa shape index (κ2) is 9.95. The van der Waals surface area contributed by atoms with Gasteiger partial charge in [-0.25, -0.2) is 0 Å². The summed E-state index contributed by atoms with van der Waals surface area (Å²) in [7, 11) is 0. The smallest absolute Gasteiger partial charge is 0.261 e. The van der Waals surface area contributed by atoms with E-state index in [9.17, 15) is 14.4 Å². The van der Waals surface area contributed by atoms with Crippen molar-refractivity contribution in [3.63, 3.8) is 0 Å². The van der Waals surface area contributed by atoms with E-state index in [0.717, 1.165) is 16.1 Å².